The third-order valence-corrected chi connectivity index (χ3v) is 8.72. The lowest BCUT2D eigenvalue weighted by atomic mass is 9.50. The second-order valence-corrected chi connectivity index (χ2v) is 11.1. The van der Waals surface area contributed by atoms with Gasteiger partial charge in [-0.25, -0.2) is 0 Å². The molecule has 4 saturated carbocycles. The van der Waals surface area contributed by atoms with E-state index in [0.717, 1.165) is 58.3 Å². The number of para-hydroxylation sites is 2. The summed E-state index contributed by atoms with van der Waals surface area (Å²) in [6.07, 6.45) is 8.48. The van der Waals surface area contributed by atoms with Crippen molar-refractivity contribution < 1.29 is 9.53 Å². The average Bonchev–Trinajstić information content (AvgIpc) is 3.07. The fourth-order valence-electron chi connectivity index (χ4n) is 7.73. The van der Waals surface area contributed by atoms with Crippen LogP contribution in [0.5, 0.6) is 5.75 Å². The molecule has 3 N–H and O–H groups in total. The summed E-state index contributed by atoms with van der Waals surface area (Å²) in [6.45, 7) is 1.39. The van der Waals surface area contributed by atoms with E-state index in [-0.39, 0.29) is 11.9 Å². The molecule has 4 fully saturated rings. The highest BCUT2D eigenvalue weighted by Gasteiger charge is 2.51. The Morgan fingerprint density at radius 3 is 2.24 bits per heavy atom. The van der Waals surface area contributed by atoms with Gasteiger partial charge >= 0.3 is 0 Å². The number of carbonyl (C=O) groups excluding carboxylic acids is 1. The molecular weight excluding hydrogens is 410 g/mol. The van der Waals surface area contributed by atoms with Crippen LogP contribution in [-0.4, -0.2) is 19.1 Å². The first-order chi connectivity index (χ1) is 16.1. The second-order valence-electron chi connectivity index (χ2n) is 11.1. The largest absolute Gasteiger partial charge is 0.493 e. The van der Waals surface area contributed by atoms with Crippen LogP contribution in [0.2, 0.25) is 0 Å². The van der Waals surface area contributed by atoms with Crippen molar-refractivity contribution in [3.63, 3.8) is 0 Å². The lowest BCUT2D eigenvalue weighted by Crippen LogP contribution is -2.48. The molecule has 2 aromatic carbocycles. The molecule has 4 aliphatic carbocycles. The summed E-state index contributed by atoms with van der Waals surface area (Å²) in [4.78, 5) is 12.7. The number of hydrogen-bond acceptors (Lipinski definition) is 4. The number of benzene rings is 2. The minimum absolute atomic E-state index is 0.00931. The molecule has 0 aromatic heterocycles. The van der Waals surface area contributed by atoms with Crippen LogP contribution < -0.4 is 20.7 Å². The summed E-state index contributed by atoms with van der Waals surface area (Å²) in [7, 11) is 0. The van der Waals surface area contributed by atoms with E-state index >= 15 is 0 Å². The Bertz CT molecular complexity index is 1100. The van der Waals surface area contributed by atoms with Crippen LogP contribution in [0.3, 0.4) is 0 Å². The van der Waals surface area contributed by atoms with Crippen molar-refractivity contribution in [2.24, 2.45) is 23.2 Å². The quantitative estimate of drug-likeness (QED) is 0.607. The number of ether oxygens (including phenoxy) is 1. The minimum atomic E-state index is -0.198. The smallest absolute Gasteiger partial charge is 0.251 e. The van der Waals surface area contributed by atoms with Crippen LogP contribution in [0.25, 0.3) is 0 Å². The molecule has 1 amide bonds. The molecule has 4 bridgehead atoms. The molecule has 0 radical (unpaired) electrons. The van der Waals surface area contributed by atoms with Crippen molar-refractivity contribution in [3.8, 4) is 5.75 Å². The molecule has 0 spiro atoms. The number of anilines is 2. The highest BCUT2D eigenvalue weighted by Crippen LogP contribution is 2.60. The Morgan fingerprint density at radius 1 is 0.879 bits per heavy atom. The van der Waals surface area contributed by atoms with Crippen molar-refractivity contribution in [1.82, 2.24) is 5.32 Å². The number of amides is 1. The van der Waals surface area contributed by atoms with Crippen LogP contribution in [0.15, 0.2) is 59.8 Å². The molecule has 33 heavy (non-hydrogen) atoms. The van der Waals surface area contributed by atoms with Gasteiger partial charge in [-0.2, -0.15) is 0 Å². The van der Waals surface area contributed by atoms with E-state index in [2.05, 4.69) is 46.3 Å². The fraction of sp³-hybridized carbons (Fsp3) is 0.464. The summed E-state index contributed by atoms with van der Waals surface area (Å²) in [5, 5.41) is 10.0. The van der Waals surface area contributed by atoms with E-state index in [1.165, 1.54) is 38.5 Å². The lowest BCUT2D eigenvalue weighted by Gasteiger charge is -2.56. The molecule has 2 aromatic rings. The Hall–Kier alpha value is -2.95. The zero-order chi connectivity index (χ0) is 22.0. The summed E-state index contributed by atoms with van der Waals surface area (Å²) >= 11 is 0. The van der Waals surface area contributed by atoms with Crippen LogP contribution in [0.4, 0.5) is 11.4 Å². The van der Waals surface area contributed by atoms with Gasteiger partial charge < -0.3 is 20.7 Å². The Balaban J connectivity index is 1.12. The monoisotopic (exact) mass is 441 g/mol. The van der Waals surface area contributed by atoms with Gasteiger partial charge in [-0.1, -0.05) is 24.3 Å². The van der Waals surface area contributed by atoms with Crippen LogP contribution in [0, 0.1) is 23.2 Å². The predicted octanol–water partition coefficient (Wildman–Crippen LogP) is 5.24. The number of hydrogen-bond donors (Lipinski definition) is 3. The molecule has 1 atom stereocenters. The van der Waals surface area contributed by atoms with E-state index in [1.807, 2.05) is 18.2 Å². The first-order valence-electron chi connectivity index (χ1n) is 12.5. The summed E-state index contributed by atoms with van der Waals surface area (Å²) in [6, 6.07) is 16.3. The number of nitrogens with one attached hydrogen (secondary N) is 3. The molecule has 2 heterocycles. The van der Waals surface area contributed by atoms with Crippen molar-refractivity contribution in [2.45, 2.75) is 44.6 Å². The summed E-state index contributed by atoms with van der Waals surface area (Å²) in [5.41, 5.74) is 5.21. The predicted molar refractivity (Wildman–Crippen MR) is 129 cm³/mol. The lowest BCUT2D eigenvalue weighted by molar-refractivity contribution is -0.116. The molecule has 1 unspecified atom stereocenters. The topological polar surface area (TPSA) is 62.4 Å². The van der Waals surface area contributed by atoms with Gasteiger partial charge in [0.1, 0.15) is 5.75 Å². The highest BCUT2D eigenvalue weighted by molar-refractivity contribution is 6.00. The molecule has 5 nitrogen and oxygen atoms in total. The average molecular weight is 442 g/mol. The summed E-state index contributed by atoms with van der Waals surface area (Å²) < 4.78 is 6.40. The molecule has 170 valence electrons. The normalized spacial score (nSPS) is 33.5. The third-order valence-electron chi connectivity index (χ3n) is 8.72. The van der Waals surface area contributed by atoms with Gasteiger partial charge in [0, 0.05) is 11.1 Å². The molecule has 5 heteroatoms. The highest BCUT2D eigenvalue weighted by atomic mass is 16.5. The Labute approximate surface area is 195 Å². The maximum Gasteiger partial charge on any atom is 0.251 e. The number of fused-ring (bicyclic) bond motifs is 1. The zero-order valence-electron chi connectivity index (χ0n) is 18.9. The van der Waals surface area contributed by atoms with Crippen molar-refractivity contribution in [2.75, 3.05) is 23.8 Å². The SMILES string of the molecule is O=C1NCC2=C1C(c1ccc(OCC34CC5CC(CC(C5)C3)C4)cc1)Nc1ccccc1N2. The summed E-state index contributed by atoms with van der Waals surface area (Å²) in [5.74, 6) is 3.76. The Kier molecular flexibility index (Phi) is 4.30. The van der Waals surface area contributed by atoms with Gasteiger partial charge in [-0.05, 0) is 86.1 Å². The molecule has 2 aliphatic heterocycles. The third kappa shape index (κ3) is 3.32. The maximum atomic E-state index is 12.7. The zero-order valence-corrected chi connectivity index (χ0v) is 18.9. The standard InChI is InChI=1S/C28H31N3O2/c32-27-25-24(15-29-27)30-22-3-1-2-4-23(22)31-26(25)20-5-7-21(8-6-20)33-16-28-12-17-9-18(13-28)11-19(10-17)14-28/h1-8,17-19,26,30-31H,9-16H2,(H,29,32). The van der Waals surface area contributed by atoms with E-state index in [4.69, 9.17) is 4.74 Å². The second kappa shape index (κ2) is 7.28. The molecule has 6 aliphatic rings. The van der Waals surface area contributed by atoms with Gasteiger partial charge in [0.05, 0.1) is 36.1 Å². The van der Waals surface area contributed by atoms with Crippen molar-refractivity contribution in [3.05, 3.63) is 65.4 Å². The fourth-order valence-corrected chi connectivity index (χ4v) is 7.73. The van der Waals surface area contributed by atoms with Gasteiger partial charge in [-0.3, -0.25) is 4.79 Å². The van der Waals surface area contributed by atoms with E-state index in [1.54, 1.807) is 0 Å². The van der Waals surface area contributed by atoms with Gasteiger partial charge in [0.2, 0.25) is 0 Å². The first-order valence-corrected chi connectivity index (χ1v) is 12.5. The minimum Gasteiger partial charge on any atom is -0.493 e. The van der Waals surface area contributed by atoms with Gasteiger partial charge in [0.25, 0.3) is 5.91 Å². The van der Waals surface area contributed by atoms with E-state index in [9.17, 15) is 4.79 Å². The first kappa shape index (κ1) is 19.5. The molecular formula is C28H31N3O2. The van der Waals surface area contributed by atoms with Crippen LogP contribution in [-0.2, 0) is 4.79 Å². The maximum absolute atomic E-state index is 12.7. The van der Waals surface area contributed by atoms with E-state index in [0.29, 0.717) is 12.0 Å². The van der Waals surface area contributed by atoms with Crippen LogP contribution >= 0.6 is 0 Å². The van der Waals surface area contributed by atoms with Crippen molar-refractivity contribution in [1.29, 1.82) is 0 Å². The molecule has 0 saturated heterocycles. The molecule has 8 rings (SSSR count). The number of carbonyl (C=O) groups is 1. The van der Waals surface area contributed by atoms with Crippen LogP contribution in [0.1, 0.15) is 50.1 Å². The van der Waals surface area contributed by atoms with Crippen molar-refractivity contribution >= 4 is 17.3 Å². The van der Waals surface area contributed by atoms with Gasteiger partial charge in [-0.15, -0.1) is 0 Å². The van der Waals surface area contributed by atoms with E-state index < -0.39 is 0 Å². The Morgan fingerprint density at radius 2 is 1.55 bits per heavy atom. The van der Waals surface area contributed by atoms with Gasteiger partial charge in [0.15, 0.2) is 0 Å². The number of rotatable bonds is 4.